The van der Waals surface area contributed by atoms with Gasteiger partial charge in [-0.3, -0.25) is 14.2 Å². The van der Waals surface area contributed by atoms with Gasteiger partial charge in [-0.1, -0.05) is 42.5 Å². The van der Waals surface area contributed by atoms with Crippen molar-refractivity contribution in [3.63, 3.8) is 0 Å². The molecule has 0 aliphatic rings. The van der Waals surface area contributed by atoms with E-state index in [0.717, 1.165) is 27.3 Å². The molecule has 0 aliphatic heterocycles. The molecule has 158 valence electrons. The Hall–Kier alpha value is -3.45. The number of aryl methyl sites for hydroxylation is 1. The molecular weight excluding hydrogens is 412 g/mol. The molecule has 0 bridgehead atoms. The number of carbonyl (C=O) groups is 1. The highest BCUT2D eigenvalue weighted by Crippen LogP contribution is 2.36. The van der Waals surface area contributed by atoms with Crippen molar-refractivity contribution in [2.24, 2.45) is 0 Å². The number of nitrogens with zero attached hydrogens (tertiary/aromatic N) is 2. The van der Waals surface area contributed by atoms with E-state index in [1.807, 2.05) is 68.4 Å². The zero-order chi connectivity index (χ0) is 21.8. The molecule has 4 rings (SSSR count). The molecule has 0 spiro atoms. The number of hydrogen-bond acceptors (Lipinski definition) is 6. The van der Waals surface area contributed by atoms with Gasteiger partial charge in [0.2, 0.25) is 0 Å². The Bertz CT molecular complexity index is 1260. The van der Waals surface area contributed by atoms with Gasteiger partial charge in [-0.25, -0.2) is 4.98 Å². The minimum Gasteiger partial charge on any atom is -0.494 e. The first-order valence-corrected chi connectivity index (χ1v) is 10.8. The van der Waals surface area contributed by atoms with E-state index in [-0.39, 0.29) is 18.7 Å². The second-order valence-corrected chi connectivity index (χ2v) is 8.20. The molecule has 7 heteroatoms. The molecule has 0 unspecified atom stereocenters. The molecule has 2 aromatic carbocycles. The number of thiophene rings is 1. The molecule has 2 aromatic heterocycles. The average Bonchev–Trinajstić information content (AvgIpc) is 3.12. The zero-order valence-electron chi connectivity index (χ0n) is 17.3. The SMILES string of the molecule is CCOc1ccc(-c2c(C)sc3ncn(CC(=O)OCc4ccccc4)c(=O)c23)cc1. The van der Waals surface area contributed by atoms with Gasteiger partial charge in [0.1, 0.15) is 23.7 Å². The Balaban J connectivity index is 1.61. The van der Waals surface area contributed by atoms with E-state index in [1.54, 1.807) is 0 Å². The van der Waals surface area contributed by atoms with Gasteiger partial charge in [-0.05, 0) is 37.1 Å². The number of ether oxygens (including phenoxy) is 2. The molecule has 0 amide bonds. The first-order chi connectivity index (χ1) is 15.1. The Morgan fingerprint density at radius 1 is 1.10 bits per heavy atom. The second-order valence-electron chi connectivity index (χ2n) is 6.99. The summed E-state index contributed by atoms with van der Waals surface area (Å²) in [5.74, 6) is 0.293. The van der Waals surface area contributed by atoms with Crippen LogP contribution in [0.15, 0.2) is 65.7 Å². The van der Waals surface area contributed by atoms with E-state index in [1.165, 1.54) is 22.2 Å². The third-order valence-corrected chi connectivity index (χ3v) is 5.86. The molecule has 4 aromatic rings. The van der Waals surface area contributed by atoms with Crippen LogP contribution >= 0.6 is 11.3 Å². The first kappa shape index (κ1) is 20.8. The summed E-state index contributed by atoms with van der Waals surface area (Å²) in [6.07, 6.45) is 1.41. The molecule has 31 heavy (non-hydrogen) atoms. The summed E-state index contributed by atoms with van der Waals surface area (Å²) in [7, 11) is 0. The van der Waals surface area contributed by atoms with E-state index >= 15 is 0 Å². The van der Waals surface area contributed by atoms with Crippen molar-refractivity contribution in [2.45, 2.75) is 27.0 Å². The highest BCUT2D eigenvalue weighted by Gasteiger charge is 2.18. The highest BCUT2D eigenvalue weighted by molar-refractivity contribution is 7.19. The molecule has 0 radical (unpaired) electrons. The normalized spacial score (nSPS) is 10.9. The number of esters is 1. The third kappa shape index (κ3) is 4.51. The van der Waals surface area contributed by atoms with Crippen molar-refractivity contribution in [1.29, 1.82) is 0 Å². The fourth-order valence-corrected chi connectivity index (χ4v) is 4.41. The maximum atomic E-state index is 13.2. The Kier molecular flexibility index (Phi) is 6.13. The Morgan fingerprint density at radius 3 is 2.55 bits per heavy atom. The fraction of sp³-hybridized carbons (Fsp3) is 0.208. The van der Waals surface area contributed by atoms with Crippen LogP contribution < -0.4 is 10.3 Å². The van der Waals surface area contributed by atoms with Gasteiger partial charge in [0.15, 0.2) is 0 Å². The van der Waals surface area contributed by atoms with Gasteiger partial charge < -0.3 is 9.47 Å². The van der Waals surface area contributed by atoms with Crippen LogP contribution in [0.4, 0.5) is 0 Å². The second kappa shape index (κ2) is 9.14. The molecule has 0 saturated heterocycles. The number of hydrogen-bond donors (Lipinski definition) is 0. The highest BCUT2D eigenvalue weighted by atomic mass is 32.1. The standard InChI is InChI=1S/C24H22N2O4S/c1-3-29-19-11-9-18(10-12-19)21-16(2)31-23-22(21)24(28)26(15-25-23)13-20(27)30-14-17-7-5-4-6-8-17/h4-12,15H,3,13-14H2,1-2H3. The summed E-state index contributed by atoms with van der Waals surface area (Å²) in [4.78, 5) is 31.6. The topological polar surface area (TPSA) is 70.4 Å². The summed E-state index contributed by atoms with van der Waals surface area (Å²) in [5, 5.41) is 0.519. The van der Waals surface area contributed by atoms with Crippen LogP contribution in [-0.2, 0) is 22.7 Å². The first-order valence-electron chi connectivity index (χ1n) is 9.98. The monoisotopic (exact) mass is 434 g/mol. The Morgan fingerprint density at radius 2 is 1.84 bits per heavy atom. The summed E-state index contributed by atoms with van der Waals surface area (Å²) in [5.41, 5.74) is 2.39. The third-order valence-electron chi connectivity index (χ3n) is 4.85. The summed E-state index contributed by atoms with van der Waals surface area (Å²) < 4.78 is 12.1. The molecule has 2 heterocycles. The van der Waals surface area contributed by atoms with Crippen molar-refractivity contribution in [2.75, 3.05) is 6.61 Å². The number of fused-ring (bicyclic) bond motifs is 1. The van der Waals surface area contributed by atoms with Crippen LogP contribution in [-0.4, -0.2) is 22.1 Å². The lowest BCUT2D eigenvalue weighted by Gasteiger charge is -2.08. The van der Waals surface area contributed by atoms with Gasteiger partial charge in [0.05, 0.1) is 18.3 Å². The molecular formula is C24H22N2O4S. The van der Waals surface area contributed by atoms with E-state index in [9.17, 15) is 9.59 Å². The van der Waals surface area contributed by atoms with E-state index in [2.05, 4.69) is 4.98 Å². The van der Waals surface area contributed by atoms with E-state index in [0.29, 0.717) is 16.8 Å². The maximum absolute atomic E-state index is 13.2. The lowest BCUT2D eigenvalue weighted by Crippen LogP contribution is -2.25. The van der Waals surface area contributed by atoms with Crippen LogP contribution in [0, 0.1) is 6.92 Å². The maximum Gasteiger partial charge on any atom is 0.326 e. The minimum atomic E-state index is -0.485. The van der Waals surface area contributed by atoms with Crippen molar-refractivity contribution in [3.05, 3.63) is 81.7 Å². The van der Waals surface area contributed by atoms with E-state index in [4.69, 9.17) is 9.47 Å². The number of benzene rings is 2. The van der Waals surface area contributed by atoms with Crippen molar-refractivity contribution < 1.29 is 14.3 Å². The number of rotatable bonds is 7. The predicted molar refractivity (Wildman–Crippen MR) is 121 cm³/mol. The lowest BCUT2D eigenvalue weighted by atomic mass is 10.0. The van der Waals surface area contributed by atoms with E-state index < -0.39 is 5.97 Å². The van der Waals surface area contributed by atoms with Crippen molar-refractivity contribution in [1.82, 2.24) is 9.55 Å². The zero-order valence-corrected chi connectivity index (χ0v) is 18.1. The van der Waals surface area contributed by atoms with Crippen LogP contribution in [0.2, 0.25) is 0 Å². The summed E-state index contributed by atoms with van der Waals surface area (Å²) >= 11 is 1.47. The molecule has 0 saturated carbocycles. The molecule has 0 atom stereocenters. The largest absolute Gasteiger partial charge is 0.494 e. The van der Waals surface area contributed by atoms with Crippen LogP contribution in [0.3, 0.4) is 0 Å². The van der Waals surface area contributed by atoms with Gasteiger partial charge in [0, 0.05) is 10.4 Å². The molecule has 0 fully saturated rings. The van der Waals surface area contributed by atoms with Crippen molar-refractivity contribution >= 4 is 27.5 Å². The Labute approximate surface area is 183 Å². The molecule has 0 N–H and O–H groups in total. The summed E-state index contributed by atoms with van der Waals surface area (Å²) in [6, 6.07) is 17.1. The van der Waals surface area contributed by atoms with Gasteiger partial charge >= 0.3 is 5.97 Å². The quantitative estimate of drug-likeness (QED) is 0.398. The molecule has 0 aliphatic carbocycles. The minimum absolute atomic E-state index is 0.166. The van der Waals surface area contributed by atoms with Crippen molar-refractivity contribution in [3.8, 4) is 16.9 Å². The van der Waals surface area contributed by atoms with Gasteiger partial charge in [-0.15, -0.1) is 11.3 Å². The van der Waals surface area contributed by atoms with Crippen LogP contribution in [0.25, 0.3) is 21.3 Å². The molecule has 6 nitrogen and oxygen atoms in total. The van der Waals surface area contributed by atoms with Gasteiger partial charge in [0.25, 0.3) is 5.56 Å². The smallest absolute Gasteiger partial charge is 0.326 e. The lowest BCUT2D eigenvalue weighted by molar-refractivity contribution is -0.145. The van der Waals surface area contributed by atoms with Crippen LogP contribution in [0.5, 0.6) is 5.75 Å². The number of aromatic nitrogens is 2. The average molecular weight is 435 g/mol. The van der Waals surface area contributed by atoms with Gasteiger partial charge in [-0.2, -0.15) is 0 Å². The number of carbonyl (C=O) groups excluding carboxylic acids is 1. The fourth-order valence-electron chi connectivity index (χ4n) is 3.41. The van der Waals surface area contributed by atoms with Crippen LogP contribution in [0.1, 0.15) is 17.4 Å². The summed E-state index contributed by atoms with van der Waals surface area (Å²) in [6.45, 7) is 4.47. The predicted octanol–water partition coefficient (Wildman–Crippen LogP) is 4.58.